The summed E-state index contributed by atoms with van der Waals surface area (Å²) in [5, 5.41) is 19.2. The number of ether oxygens (including phenoxy) is 1. The van der Waals surface area contributed by atoms with Gasteiger partial charge in [-0.15, -0.1) is 10.2 Å². The summed E-state index contributed by atoms with van der Waals surface area (Å²) < 4.78 is 11.0. The molecule has 4 rings (SSSR count). The Morgan fingerprint density at radius 3 is 2.33 bits per heavy atom. The first-order chi connectivity index (χ1) is 14.6. The molecule has 1 heterocycles. The maximum Gasteiger partial charge on any atom is 0.338 e. The number of para-hydroxylation sites is 1. The van der Waals surface area contributed by atoms with Crippen LogP contribution in [0.15, 0.2) is 83.3 Å². The van der Waals surface area contributed by atoms with Gasteiger partial charge in [-0.2, -0.15) is 0 Å². The van der Waals surface area contributed by atoms with E-state index in [0.717, 1.165) is 5.56 Å². The Balaban J connectivity index is 1.51. The van der Waals surface area contributed by atoms with Crippen LogP contribution in [0.2, 0.25) is 0 Å². The van der Waals surface area contributed by atoms with E-state index >= 15 is 0 Å². The highest BCUT2D eigenvalue weighted by molar-refractivity contribution is 5.90. The third kappa shape index (κ3) is 4.07. The fourth-order valence-corrected chi connectivity index (χ4v) is 2.85. The van der Waals surface area contributed by atoms with Gasteiger partial charge in [0.25, 0.3) is 5.69 Å². The van der Waals surface area contributed by atoms with E-state index in [9.17, 15) is 14.9 Å². The Hall–Kier alpha value is -4.33. The second-order valence-corrected chi connectivity index (χ2v) is 6.32. The van der Waals surface area contributed by atoms with Crippen molar-refractivity contribution in [3.05, 3.63) is 100 Å². The van der Waals surface area contributed by atoms with Crippen LogP contribution in [0.4, 0.5) is 5.69 Å². The number of benzene rings is 3. The van der Waals surface area contributed by atoms with Gasteiger partial charge < -0.3 is 9.15 Å². The average molecular weight is 401 g/mol. The summed E-state index contributed by atoms with van der Waals surface area (Å²) in [5.41, 5.74) is 1.83. The lowest BCUT2D eigenvalue weighted by Gasteiger charge is -2.06. The quantitative estimate of drug-likeness (QED) is 0.262. The van der Waals surface area contributed by atoms with Crippen LogP contribution in [0.25, 0.3) is 22.9 Å². The van der Waals surface area contributed by atoms with Crippen molar-refractivity contribution in [3.63, 3.8) is 0 Å². The Labute approximate surface area is 170 Å². The molecule has 0 unspecified atom stereocenters. The molecule has 148 valence electrons. The average Bonchev–Trinajstić information content (AvgIpc) is 3.29. The van der Waals surface area contributed by atoms with Crippen LogP contribution < -0.4 is 0 Å². The summed E-state index contributed by atoms with van der Waals surface area (Å²) >= 11 is 0. The Bertz CT molecular complexity index is 1200. The van der Waals surface area contributed by atoms with E-state index in [1.165, 1.54) is 6.07 Å². The summed E-state index contributed by atoms with van der Waals surface area (Å²) in [6, 6.07) is 22.0. The largest absolute Gasteiger partial charge is 0.457 e. The number of hydrogen-bond donors (Lipinski definition) is 0. The highest BCUT2D eigenvalue weighted by Crippen LogP contribution is 2.25. The molecule has 4 aromatic rings. The summed E-state index contributed by atoms with van der Waals surface area (Å²) in [5.74, 6) is 0.0231. The van der Waals surface area contributed by atoms with Gasteiger partial charge in [0.05, 0.1) is 16.1 Å². The molecule has 0 bridgehead atoms. The predicted octanol–water partition coefficient (Wildman–Crippen LogP) is 4.67. The summed E-state index contributed by atoms with van der Waals surface area (Å²) in [4.78, 5) is 23.0. The van der Waals surface area contributed by atoms with Crippen molar-refractivity contribution in [2.45, 2.75) is 6.61 Å². The molecule has 0 amide bonds. The van der Waals surface area contributed by atoms with E-state index in [1.54, 1.807) is 42.5 Å². The van der Waals surface area contributed by atoms with E-state index in [4.69, 9.17) is 9.15 Å². The second-order valence-electron chi connectivity index (χ2n) is 6.32. The zero-order valence-electron chi connectivity index (χ0n) is 15.6. The van der Waals surface area contributed by atoms with Crippen LogP contribution >= 0.6 is 0 Å². The number of aromatic nitrogens is 2. The zero-order valence-corrected chi connectivity index (χ0v) is 15.6. The van der Waals surface area contributed by atoms with Gasteiger partial charge in [0.15, 0.2) is 0 Å². The van der Waals surface area contributed by atoms with E-state index in [1.807, 2.05) is 30.3 Å². The van der Waals surface area contributed by atoms with Gasteiger partial charge in [0.2, 0.25) is 11.8 Å². The number of nitrogens with zero attached hydrogens (tertiary/aromatic N) is 3. The molecule has 0 aliphatic heterocycles. The molecular weight excluding hydrogens is 386 g/mol. The first-order valence-corrected chi connectivity index (χ1v) is 9.00. The highest BCUT2D eigenvalue weighted by Gasteiger charge is 2.16. The number of hydrogen-bond acceptors (Lipinski definition) is 7. The monoisotopic (exact) mass is 401 g/mol. The van der Waals surface area contributed by atoms with E-state index < -0.39 is 10.9 Å². The molecule has 0 aliphatic carbocycles. The normalized spacial score (nSPS) is 10.5. The highest BCUT2D eigenvalue weighted by atomic mass is 16.6. The van der Waals surface area contributed by atoms with Crippen LogP contribution in [-0.4, -0.2) is 21.1 Å². The predicted molar refractivity (Wildman–Crippen MR) is 107 cm³/mol. The first kappa shape index (κ1) is 19.0. The molecule has 0 saturated heterocycles. The number of nitro groups is 1. The van der Waals surface area contributed by atoms with E-state index in [2.05, 4.69) is 10.2 Å². The van der Waals surface area contributed by atoms with Crippen LogP contribution in [0.3, 0.4) is 0 Å². The van der Waals surface area contributed by atoms with Crippen molar-refractivity contribution in [1.29, 1.82) is 0 Å². The van der Waals surface area contributed by atoms with Gasteiger partial charge >= 0.3 is 5.97 Å². The molecule has 0 N–H and O–H groups in total. The Morgan fingerprint density at radius 1 is 0.900 bits per heavy atom. The molecule has 0 aliphatic rings. The number of rotatable bonds is 6. The molecule has 30 heavy (non-hydrogen) atoms. The fourth-order valence-electron chi connectivity index (χ4n) is 2.85. The third-order valence-corrected chi connectivity index (χ3v) is 4.34. The molecule has 0 fully saturated rings. The van der Waals surface area contributed by atoms with Crippen molar-refractivity contribution >= 4 is 11.7 Å². The van der Waals surface area contributed by atoms with Gasteiger partial charge in [0.1, 0.15) is 6.61 Å². The topological polar surface area (TPSA) is 108 Å². The Kier molecular flexibility index (Phi) is 5.29. The minimum atomic E-state index is -0.613. The number of carbonyl (C=O) groups excluding carboxylic acids is 1. The van der Waals surface area contributed by atoms with E-state index in [0.29, 0.717) is 17.0 Å². The third-order valence-electron chi connectivity index (χ3n) is 4.34. The number of esters is 1. The summed E-state index contributed by atoms with van der Waals surface area (Å²) in [7, 11) is 0. The van der Waals surface area contributed by atoms with E-state index in [-0.39, 0.29) is 23.7 Å². The smallest absolute Gasteiger partial charge is 0.338 e. The molecule has 3 aromatic carbocycles. The SMILES string of the molecule is O=C(OCc1ccccc1[N+](=O)[O-])c1cccc(-c2nnc(-c3ccccc3)o2)c1. The van der Waals surface area contributed by atoms with Gasteiger partial charge in [0, 0.05) is 17.2 Å². The van der Waals surface area contributed by atoms with Crippen molar-refractivity contribution < 1.29 is 18.9 Å². The van der Waals surface area contributed by atoms with Crippen LogP contribution in [0.5, 0.6) is 0 Å². The standard InChI is InChI=1S/C22H15N3O5/c26-22(29-14-18-9-4-5-12-19(18)25(27)28)17-11-6-10-16(13-17)21-24-23-20(30-21)15-7-2-1-3-8-15/h1-13H,14H2. The zero-order chi connectivity index (χ0) is 20.9. The van der Waals surface area contributed by atoms with Gasteiger partial charge in [-0.1, -0.05) is 36.4 Å². The van der Waals surface area contributed by atoms with Crippen LogP contribution in [-0.2, 0) is 11.3 Å². The summed E-state index contributed by atoms with van der Waals surface area (Å²) in [6.45, 7) is -0.209. The van der Waals surface area contributed by atoms with Crippen molar-refractivity contribution in [2.75, 3.05) is 0 Å². The molecule has 8 heteroatoms. The summed E-state index contributed by atoms with van der Waals surface area (Å²) in [6.07, 6.45) is 0. The molecule has 1 aromatic heterocycles. The molecule has 0 radical (unpaired) electrons. The van der Waals surface area contributed by atoms with Crippen molar-refractivity contribution in [1.82, 2.24) is 10.2 Å². The Morgan fingerprint density at radius 2 is 1.57 bits per heavy atom. The molecule has 0 atom stereocenters. The minimum Gasteiger partial charge on any atom is -0.457 e. The van der Waals surface area contributed by atoms with Gasteiger partial charge in [-0.3, -0.25) is 10.1 Å². The molecular formula is C22H15N3O5. The maximum atomic E-state index is 12.5. The fraction of sp³-hybridized carbons (Fsp3) is 0.0455. The first-order valence-electron chi connectivity index (χ1n) is 9.00. The van der Waals surface area contributed by atoms with Crippen molar-refractivity contribution in [3.8, 4) is 22.9 Å². The number of carbonyl (C=O) groups is 1. The lowest BCUT2D eigenvalue weighted by molar-refractivity contribution is -0.385. The molecule has 0 saturated carbocycles. The second kappa shape index (κ2) is 8.36. The molecule has 8 nitrogen and oxygen atoms in total. The maximum absolute atomic E-state index is 12.5. The van der Waals surface area contributed by atoms with Crippen molar-refractivity contribution in [2.24, 2.45) is 0 Å². The molecule has 0 spiro atoms. The minimum absolute atomic E-state index is 0.0987. The lowest BCUT2D eigenvalue weighted by atomic mass is 10.1. The van der Waals surface area contributed by atoms with Gasteiger partial charge in [-0.25, -0.2) is 4.79 Å². The number of nitro benzene ring substituents is 1. The van der Waals surface area contributed by atoms with Crippen LogP contribution in [0.1, 0.15) is 15.9 Å². The van der Waals surface area contributed by atoms with Gasteiger partial charge in [-0.05, 0) is 36.4 Å². The van der Waals surface area contributed by atoms with Crippen LogP contribution in [0, 0.1) is 10.1 Å². The lowest BCUT2D eigenvalue weighted by Crippen LogP contribution is -2.06.